The van der Waals surface area contributed by atoms with Gasteiger partial charge >= 0.3 is 0 Å². The molecule has 3 rings (SSSR count). The number of carbonyl (C=O) groups is 1. The van der Waals surface area contributed by atoms with E-state index in [0.717, 1.165) is 31.2 Å². The summed E-state index contributed by atoms with van der Waals surface area (Å²) < 4.78 is 2.25. The van der Waals surface area contributed by atoms with Gasteiger partial charge in [-0.2, -0.15) is 0 Å². The Morgan fingerprint density at radius 3 is 2.48 bits per heavy atom. The van der Waals surface area contributed by atoms with E-state index in [-0.39, 0.29) is 11.8 Å². The lowest BCUT2D eigenvalue weighted by molar-refractivity contribution is -0.126. The second-order valence-electron chi connectivity index (χ2n) is 6.09. The summed E-state index contributed by atoms with van der Waals surface area (Å²) in [6.45, 7) is 0.451. The van der Waals surface area contributed by atoms with Gasteiger partial charge in [0.25, 0.3) is 0 Å². The Morgan fingerprint density at radius 1 is 1.13 bits per heavy atom. The van der Waals surface area contributed by atoms with E-state index >= 15 is 0 Å². The number of amides is 1. The van der Waals surface area contributed by atoms with Crippen LogP contribution in [-0.4, -0.2) is 10.5 Å². The Hall–Kier alpha value is -1.45. The maximum absolute atomic E-state index is 12.4. The molecular formula is C18H20Cl2N2O. The van der Waals surface area contributed by atoms with Crippen molar-refractivity contribution in [2.75, 3.05) is 0 Å². The predicted octanol–water partition coefficient (Wildman–Crippen LogP) is 4.84. The van der Waals surface area contributed by atoms with Crippen molar-refractivity contribution in [3.63, 3.8) is 0 Å². The third kappa shape index (κ3) is 4.10. The smallest absolute Gasteiger partial charge is 0.223 e. The van der Waals surface area contributed by atoms with Crippen LogP contribution in [0.1, 0.15) is 37.3 Å². The van der Waals surface area contributed by atoms with E-state index in [1.165, 1.54) is 0 Å². The monoisotopic (exact) mass is 350 g/mol. The lowest BCUT2D eigenvalue weighted by Gasteiger charge is -2.28. The van der Waals surface area contributed by atoms with Gasteiger partial charge in [-0.15, -0.1) is 0 Å². The van der Waals surface area contributed by atoms with Crippen LogP contribution in [0.5, 0.6) is 0 Å². The van der Waals surface area contributed by atoms with Gasteiger partial charge in [0.05, 0.1) is 0 Å². The molecule has 0 bridgehead atoms. The lowest BCUT2D eigenvalue weighted by Crippen LogP contribution is -2.33. The van der Waals surface area contributed by atoms with Crippen LogP contribution in [0.2, 0.25) is 10.0 Å². The van der Waals surface area contributed by atoms with E-state index in [2.05, 4.69) is 34.4 Å². The Labute approximate surface area is 146 Å². The molecule has 1 amide bonds. The van der Waals surface area contributed by atoms with Gasteiger partial charge in [0.2, 0.25) is 5.91 Å². The zero-order valence-electron chi connectivity index (χ0n) is 12.8. The van der Waals surface area contributed by atoms with Crippen molar-refractivity contribution >= 4 is 29.1 Å². The van der Waals surface area contributed by atoms with Crippen LogP contribution in [0.3, 0.4) is 0 Å². The highest BCUT2D eigenvalue weighted by Crippen LogP contribution is 2.32. The molecule has 1 heterocycles. The average molecular weight is 351 g/mol. The molecule has 0 atom stereocenters. The maximum Gasteiger partial charge on any atom is 0.223 e. The molecule has 1 N–H and O–H groups in total. The van der Waals surface area contributed by atoms with Gasteiger partial charge in [0, 0.05) is 40.9 Å². The Morgan fingerprint density at radius 2 is 1.83 bits per heavy atom. The van der Waals surface area contributed by atoms with Crippen molar-refractivity contribution < 1.29 is 4.79 Å². The molecule has 1 aliphatic rings. The number of rotatable bonds is 4. The molecule has 122 valence electrons. The normalized spacial score (nSPS) is 21.1. The molecule has 1 saturated carbocycles. The quantitative estimate of drug-likeness (QED) is 0.840. The number of nitrogens with zero attached hydrogens (tertiary/aromatic N) is 1. The molecule has 0 radical (unpaired) electrons. The first-order valence-corrected chi connectivity index (χ1v) is 8.73. The van der Waals surface area contributed by atoms with E-state index in [4.69, 9.17) is 23.2 Å². The van der Waals surface area contributed by atoms with Gasteiger partial charge in [-0.3, -0.25) is 4.79 Å². The summed E-state index contributed by atoms with van der Waals surface area (Å²) in [5.41, 5.74) is 0.894. The maximum atomic E-state index is 12.4. The number of carbonyl (C=O) groups excluding carboxylic acids is 1. The molecule has 3 nitrogen and oxygen atoms in total. The highest BCUT2D eigenvalue weighted by atomic mass is 35.5. The highest BCUT2D eigenvalue weighted by Gasteiger charge is 2.26. The summed E-state index contributed by atoms with van der Waals surface area (Å²) in [6.07, 6.45) is 8.18. The molecule has 0 saturated heterocycles. The van der Waals surface area contributed by atoms with Gasteiger partial charge in [0.1, 0.15) is 0 Å². The van der Waals surface area contributed by atoms with Gasteiger partial charge < -0.3 is 9.88 Å². The van der Waals surface area contributed by atoms with Crippen molar-refractivity contribution in [3.05, 3.63) is 58.3 Å². The number of hydrogen-bond donors (Lipinski definition) is 1. The molecule has 1 aromatic carbocycles. The minimum Gasteiger partial charge on any atom is -0.352 e. The van der Waals surface area contributed by atoms with Crippen LogP contribution in [0.25, 0.3) is 0 Å². The largest absolute Gasteiger partial charge is 0.352 e. The van der Waals surface area contributed by atoms with Gasteiger partial charge in [-0.25, -0.2) is 0 Å². The zero-order valence-corrected chi connectivity index (χ0v) is 14.4. The predicted molar refractivity (Wildman–Crippen MR) is 93.7 cm³/mol. The summed E-state index contributed by atoms with van der Waals surface area (Å²) in [7, 11) is 0. The molecule has 0 aliphatic heterocycles. The topological polar surface area (TPSA) is 34.0 Å². The molecule has 2 aromatic rings. The molecule has 5 heteroatoms. The molecule has 1 fully saturated rings. The molecule has 1 aromatic heterocycles. The fourth-order valence-corrected chi connectivity index (χ4v) is 3.69. The lowest BCUT2D eigenvalue weighted by atomic mass is 9.85. The number of halogens is 2. The van der Waals surface area contributed by atoms with Crippen LogP contribution in [0, 0.1) is 5.92 Å². The first kappa shape index (κ1) is 16.4. The number of nitrogens with one attached hydrogen (secondary N) is 1. The fraction of sp³-hybridized carbons (Fsp3) is 0.389. The van der Waals surface area contributed by atoms with Crippen LogP contribution < -0.4 is 5.32 Å². The summed E-state index contributed by atoms with van der Waals surface area (Å²) >= 11 is 12.0. The summed E-state index contributed by atoms with van der Waals surface area (Å²) in [5, 5.41) is 4.20. The number of hydrogen-bond acceptors (Lipinski definition) is 1. The highest BCUT2D eigenvalue weighted by molar-refractivity contribution is 6.35. The van der Waals surface area contributed by atoms with Crippen molar-refractivity contribution in [3.8, 4) is 0 Å². The van der Waals surface area contributed by atoms with E-state index in [9.17, 15) is 4.79 Å². The second kappa shape index (κ2) is 7.41. The third-order valence-corrected chi connectivity index (χ3v) is 5.17. The summed E-state index contributed by atoms with van der Waals surface area (Å²) in [6, 6.07) is 9.97. The fourth-order valence-electron chi connectivity index (χ4n) is 3.22. The minimum absolute atomic E-state index is 0.105. The van der Waals surface area contributed by atoms with E-state index in [1.807, 2.05) is 6.07 Å². The Balaban J connectivity index is 1.50. The molecule has 0 unspecified atom stereocenters. The average Bonchev–Trinajstić information content (AvgIpc) is 3.08. The number of benzene rings is 1. The molecule has 1 aliphatic carbocycles. The minimum atomic E-state index is 0.105. The first-order valence-electron chi connectivity index (χ1n) is 7.97. The van der Waals surface area contributed by atoms with Crippen molar-refractivity contribution in [2.45, 2.75) is 38.3 Å². The summed E-state index contributed by atoms with van der Waals surface area (Å²) in [5.74, 6) is 0.231. The van der Waals surface area contributed by atoms with Crippen LogP contribution in [0.15, 0.2) is 42.7 Å². The standard InChI is InChI=1S/C18H20Cl2N2O/c19-15-6-3-14(17(20)11-15)12-21-18(23)13-4-7-16(8-5-13)22-9-1-2-10-22/h1-3,6,9-11,13,16H,4-5,7-8,12H2,(H,21,23). The summed E-state index contributed by atoms with van der Waals surface area (Å²) in [4.78, 5) is 12.4. The second-order valence-corrected chi connectivity index (χ2v) is 6.93. The Bertz CT molecular complexity index is 662. The van der Waals surface area contributed by atoms with Crippen LogP contribution in [-0.2, 0) is 11.3 Å². The first-order chi connectivity index (χ1) is 11.1. The van der Waals surface area contributed by atoms with Gasteiger partial charge in [-0.1, -0.05) is 29.3 Å². The van der Waals surface area contributed by atoms with Gasteiger partial charge in [0.15, 0.2) is 0 Å². The van der Waals surface area contributed by atoms with Crippen LogP contribution >= 0.6 is 23.2 Å². The SMILES string of the molecule is O=C(NCc1ccc(Cl)cc1Cl)C1CCC(n2cccc2)CC1. The van der Waals surface area contributed by atoms with E-state index in [1.54, 1.807) is 12.1 Å². The van der Waals surface area contributed by atoms with Crippen molar-refractivity contribution in [2.24, 2.45) is 5.92 Å². The van der Waals surface area contributed by atoms with E-state index in [0.29, 0.717) is 22.6 Å². The van der Waals surface area contributed by atoms with Crippen molar-refractivity contribution in [1.29, 1.82) is 0 Å². The zero-order chi connectivity index (χ0) is 16.2. The Kier molecular flexibility index (Phi) is 5.29. The van der Waals surface area contributed by atoms with Gasteiger partial charge in [-0.05, 0) is 55.5 Å². The number of aromatic nitrogens is 1. The third-order valence-electron chi connectivity index (χ3n) is 4.58. The van der Waals surface area contributed by atoms with Crippen molar-refractivity contribution in [1.82, 2.24) is 9.88 Å². The molecular weight excluding hydrogens is 331 g/mol. The molecule has 0 spiro atoms. The molecule has 23 heavy (non-hydrogen) atoms. The van der Waals surface area contributed by atoms with E-state index < -0.39 is 0 Å². The van der Waals surface area contributed by atoms with Crippen LogP contribution in [0.4, 0.5) is 0 Å².